The second-order valence-electron chi connectivity index (χ2n) is 8.10. The third-order valence-corrected chi connectivity index (χ3v) is 5.40. The lowest BCUT2D eigenvalue weighted by molar-refractivity contribution is 0.102. The summed E-state index contributed by atoms with van der Waals surface area (Å²) in [5.41, 5.74) is 4.83. The Labute approximate surface area is 194 Å². The molecule has 0 radical (unpaired) electrons. The third kappa shape index (κ3) is 5.48. The molecule has 0 aliphatic carbocycles. The second-order valence-corrected chi connectivity index (χ2v) is 8.10. The minimum Gasteiger partial charge on any atom is -0.497 e. The Morgan fingerprint density at radius 3 is 2.30 bits per heavy atom. The summed E-state index contributed by atoms with van der Waals surface area (Å²) in [5, 5.41) is 7.75. The number of ether oxygens (including phenoxy) is 1. The fraction of sp³-hybridized carbons (Fsp3) is 0.185. The summed E-state index contributed by atoms with van der Waals surface area (Å²) in [6.07, 6.45) is 2.74. The molecule has 0 aliphatic rings. The molecule has 0 bridgehead atoms. The number of para-hydroxylation sites is 1. The third-order valence-electron chi connectivity index (χ3n) is 5.40. The summed E-state index contributed by atoms with van der Waals surface area (Å²) in [5.74, 6) is 0.547. The van der Waals surface area contributed by atoms with Gasteiger partial charge in [0.25, 0.3) is 5.91 Å². The Kier molecular flexibility index (Phi) is 6.86. The van der Waals surface area contributed by atoms with Gasteiger partial charge in [-0.1, -0.05) is 30.3 Å². The number of rotatable bonds is 8. The molecule has 0 spiro atoms. The number of anilines is 1. The maximum Gasteiger partial charge on any atom is 0.259 e. The van der Waals surface area contributed by atoms with Gasteiger partial charge in [0, 0.05) is 24.0 Å². The monoisotopic (exact) mass is 440 g/mol. The van der Waals surface area contributed by atoms with Gasteiger partial charge in [0.05, 0.1) is 18.4 Å². The molecule has 1 heterocycles. The molecular weight excluding hydrogens is 412 g/mol. The van der Waals surface area contributed by atoms with E-state index in [0.717, 1.165) is 35.7 Å². The molecule has 0 atom stereocenters. The van der Waals surface area contributed by atoms with E-state index in [1.54, 1.807) is 18.0 Å². The van der Waals surface area contributed by atoms with Gasteiger partial charge < -0.3 is 15.0 Å². The van der Waals surface area contributed by atoms with E-state index in [9.17, 15) is 4.79 Å². The van der Waals surface area contributed by atoms with Gasteiger partial charge in [-0.15, -0.1) is 0 Å². The number of benzene rings is 3. The van der Waals surface area contributed by atoms with Gasteiger partial charge in [-0.05, 0) is 74.6 Å². The van der Waals surface area contributed by atoms with Crippen molar-refractivity contribution in [1.29, 1.82) is 0 Å². The van der Waals surface area contributed by atoms with Crippen molar-refractivity contribution < 1.29 is 9.53 Å². The summed E-state index contributed by atoms with van der Waals surface area (Å²) in [6.45, 7) is 0.982. The number of carbonyl (C=O) groups is 1. The number of hydrogen-bond acceptors (Lipinski definition) is 4. The van der Waals surface area contributed by atoms with Gasteiger partial charge >= 0.3 is 0 Å². The number of likely N-dealkylation sites (N-methyl/N-ethyl adjacent to an activating group) is 1. The van der Waals surface area contributed by atoms with Crippen molar-refractivity contribution in [2.75, 3.05) is 33.1 Å². The van der Waals surface area contributed by atoms with Crippen LogP contribution in [0.15, 0.2) is 85.1 Å². The van der Waals surface area contributed by atoms with Crippen molar-refractivity contribution in [3.8, 4) is 22.7 Å². The predicted molar refractivity (Wildman–Crippen MR) is 132 cm³/mol. The zero-order valence-corrected chi connectivity index (χ0v) is 19.2. The number of methoxy groups -OCH3 is 1. The first-order valence-corrected chi connectivity index (χ1v) is 10.9. The highest BCUT2D eigenvalue weighted by Gasteiger charge is 2.19. The average Bonchev–Trinajstić information content (AvgIpc) is 3.30. The quantitative estimate of drug-likeness (QED) is 0.423. The molecule has 1 N–H and O–H groups in total. The summed E-state index contributed by atoms with van der Waals surface area (Å²) in [6, 6.07) is 25.3. The van der Waals surface area contributed by atoms with Crippen LogP contribution in [0.25, 0.3) is 16.9 Å². The highest BCUT2D eigenvalue weighted by Crippen LogP contribution is 2.26. The molecule has 6 heteroatoms. The van der Waals surface area contributed by atoms with E-state index in [2.05, 4.69) is 36.4 Å². The Hall–Kier alpha value is -3.90. The van der Waals surface area contributed by atoms with E-state index in [0.29, 0.717) is 11.3 Å². The van der Waals surface area contributed by atoms with Crippen LogP contribution in [-0.2, 0) is 6.42 Å². The molecule has 0 fully saturated rings. The van der Waals surface area contributed by atoms with Gasteiger partial charge in [-0.25, -0.2) is 4.68 Å². The highest BCUT2D eigenvalue weighted by molar-refractivity contribution is 6.08. The summed E-state index contributed by atoms with van der Waals surface area (Å²) >= 11 is 0. The molecule has 0 saturated heterocycles. The van der Waals surface area contributed by atoms with Gasteiger partial charge in [0.1, 0.15) is 11.4 Å². The largest absolute Gasteiger partial charge is 0.497 e. The Morgan fingerprint density at radius 1 is 0.970 bits per heavy atom. The number of carbonyl (C=O) groups excluding carboxylic acids is 1. The van der Waals surface area contributed by atoms with E-state index in [-0.39, 0.29) is 5.91 Å². The van der Waals surface area contributed by atoms with Crippen LogP contribution in [0.2, 0.25) is 0 Å². The number of nitrogens with one attached hydrogen (secondary N) is 1. The SMILES string of the molecule is COc1ccc(-c2nn(-c3ccccc3)cc2C(=O)Nc2ccc(CCN(C)C)cc2)cc1. The van der Waals surface area contributed by atoms with Crippen molar-refractivity contribution >= 4 is 11.6 Å². The van der Waals surface area contributed by atoms with Crippen LogP contribution >= 0.6 is 0 Å². The summed E-state index contributed by atoms with van der Waals surface area (Å²) < 4.78 is 7.00. The topological polar surface area (TPSA) is 59.4 Å². The Balaban J connectivity index is 1.62. The molecule has 0 saturated carbocycles. The zero-order chi connectivity index (χ0) is 23.2. The van der Waals surface area contributed by atoms with Crippen molar-refractivity contribution in [3.05, 3.63) is 96.2 Å². The molecule has 0 unspecified atom stereocenters. The van der Waals surface area contributed by atoms with Crippen LogP contribution in [0, 0.1) is 0 Å². The lowest BCUT2D eigenvalue weighted by Crippen LogP contribution is -2.15. The first kappa shape index (κ1) is 22.3. The van der Waals surface area contributed by atoms with Crippen LogP contribution in [0.5, 0.6) is 5.75 Å². The van der Waals surface area contributed by atoms with Crippen molar-refractivity contribution in [2.24, 2.45) is 0 Å². The van der Waals surface area contributed by atoms with Gasteiger partial charge in [0.15, 0.2) is 0 Å². The molecule has 33 heavy (non-hydrogen) atoms. The minimum absolute atomic E-state index is 0.205. The standard InChI is InChI=1S/C27H28N4O2/c1-30(2)18-17-20-9-13-22(14-10-20)28-27(32)25-19-31(23-7-5-4-6-8-23)29-26(25)21-11-15-24(33-3)16-12-21/h4-16,19H,17-18H2,1-3H3,(H,28,32). The van der Waals surface area contributed by atoms with E-state index in [1.165, 1.54) is 5.56 Å². The molecular formula is C27H28N4O2. The van der Waals surface area contributed by atoms with E-state index in [4.69, 9.17) is 9.84 Å². The first-order valence-electron chi connectivity index (χ1n) is 10.9. The summed E-state index contributed by atoms with van der Waals surface area (Å²) in [4.78, 5) is 15.4. The lowest BCUT2D eigenvalue weighted by Gasteiger charge is -2.10. The predicted octanol–water partition coefficient (Wildman–Crippen LogP) is 4.90. The van der Waals surface area contributed by atoms with E-state index in [1.807, 2.05) is 66.7 Å². The van der Waals surface area contributed by atoms with E-state index >= 15 is 0 Å². The second kappa shape index (κ2) is 10.1. The van der Waals surface area contributed by atoms with E-state index < -0.39 is 0 Å². The normalized spacial score (nSPS) is 10.9. The zero-order valence-electron chi connectivity index (χ0n) is 19.2. The van der Waals surface area contributed by atoms with Crippen molar-refractivity contribution in [3.63, 3.8) is 0 Å². The number of nitrogens with zero attached hydrogens (tertiary/aromatic N) is 3. The smallest absolute Gasteiger partial charge is 0.259 e. The molecule has 0 aliphatic heterocycles. The lowest BCUT2D eigenvalue weighted by atomic mass is 10.1. The average molecular weight is 441 g/mol. The van der Waals surface area contributed by atoms with Crippen molar-refractivity contribution in [1.82, 2.24) is 14.7 Å². The minimum atomic E-state index is -0.205. The maximum atomic E-state index is 13.3. The van der Waals surface area contributed by atoms with Crippen molar-refractivity contribution in [2.45, 2.75) is 6.42 Å². The Bertz CT molecular complexity index is 1200. The Morgan fingerprint density at radius 2 is 1.67 bits per heavy atom. The van der Waals surface area contributed by atoms with Gasteiger partial charge in [0.2, 0.25) is 0 Å². The van der Waals surface area contributed by atoms with Crippen LogP contribution in [0.1, 0.15) is 15.9 Å². The summed E-state index contributed by atoms with van der Waals surface area (Å²) in [7, 11) is 5.75. The molecule has 1 amide bonds. The molecule has 4 rings (SSSR count). The van der Waals surface area contributed by atoms with Gasteiger partial charge in [-0.2, -0.15) is 5.10 Å². The molecule has 168 valence electrons. The first-order chi connectivity index (χ1) is 16.0. The van der Waals surface area contributed by atoms with Crippen LogP contribution < -0.4 is 10.1 Å². The maximum absolute atomic E-state index is 13.3. The van der Waals surface area contributed by atoms with Crippen LogP contribution in [0.3, 0.4) is 0 Å². The highest BCUT2D eigenvalue weighted by atomic mass is 16.5. The number of aromatic nitrogens is 2. The molecule has 1 aromatic heterocycles. The fourth-order valence-corrected chi connectivity index (χ4v) is 3.52. The molecule has 3 aromatic carbocycles. The molecule has 4 aromatic rings. The number of amides is 1. The van der Waals surface area contributed by atoms with Crippen LogP contribution in [-0.4, -0.2) is 48.3 Å². The molecule has 6 nitrogen and oxygen atoms in total. The van der Waals surface area contributed by atoms with Crippen LogP contribution in [0.4, 0.5) is 5.69 Å². The number of hydrogen-bond donors (Lipinski definition) is 1. The van der Waals surface area contributed by atoms with Gasteiger partial charge in [-0.3, -0.25) is 4.79 Å². The fourth-order valence-electron chi connectivity index (χ4n) is 3.52.